The summed E-state index contributed by atoms with van der Waals surface area (Å²) in [5.41, 5.74) is 1.16. The molecule has 2 aliphatic rings. The number of ether oxygens (including phenoxy) is 2. The van der Waals surface area contributed by atoms with Crippen molar-refractivity contribution < 1.29 is 19.1 Å². The maximum atomic E-state index is 12.3. The molecule has 6 nitrogen and oxygen atoms in total. The van der Waals surface area contributed by atoms with Gasteiger partial charge in [0, 0.05) is 32.4 Å². The van der Waals surface area contributed by atoms with Crippen molar-refractivity contribution in [2.24, 2.45) is 0 Å². The largest absolute Gasteiger partial charge is 0.352 e. The maximum absolute atomic E-state index is 12.3. The molecule has 1 N–H and O–H groups in total. The van der Waals surface area contributed by atoms with E-state index in [1.807, 2.05) is 30.3 Å². The summed E-state index contributed by atoms with van der Waals surface area (Å²) in [5, 5.41) is 3.02. The minimum Gasteiger partial charge on any atom is -0.352 e. The number of nitrogens with one attached hydrogen (secondary N) is 1. The van der Waals surface area contributed by atoms with Crippen LogP contribution in [0.5, 0.6) is 0 Å². The second kappa shape index (κ2) is 7.97. The maximum Gasteiger partial charge on any atom is 0.239 e. The van der Waals surface area contributed by atoms with E-state index in [0.29, 0.717) is 26.2 Å². The van der Waals surface area contributed by atoms with Gasteiger partial charge in [0.05, 0.1) is 19.8 Å². The first-order valence-electron chi connectivity index (χ1n) is 8.93. The molecule has 1 aliphatic carbocycles. The fourth-order valence-electron chi connectivity index (χ4n) is 3.56. The van der Waals surface area contributed by atoms with Crippen LogP contribution < -0.4 is 5.32 Å². The molecule has 1 heterocycles. The van der Waals surface area contributed by atoms with Gasteiger partial charge in [0.1, 0.15) is 0 Å². The molecule has 6 heteroatoms. The normalized spacial score (nSPS) is 21.4. The highest BCUT2D eigenvalue weighted by Gasteiger charge is 2.44. The van der Waals surface area contributed by atoms with Crippen LogP contribution in [0.15, 0.2) is 30.3 Å². The van der Waals surface area contributed by atoms with Crippen LogP contribution in [0.2, 0.25) is 0 Å². The van der Waals surface area contributed by atoms with Crippen LogP contribution in [0.1, 0.15) is 31.7 Å². The van der Waals surface area contributed by atoms with Gasteiger partial charge < -0.3 is 19.7 Å². The minimum atomic E-state index is -0.495. The van der Waals surface area contributed by atoms with Crippen molar-refractivity contribution in [2.75, 3.05) is 26.3 Å². The van der Waals surface area contributed by atoms with Crippen molar-refractivity contribution in [2.45, 2.75) is 44.4 Å². The number of nitrogens with zero attached hydrogens (tertiary/aromatic N) is 1. The molecule has 1 unspecified atom stereocenters. The zero-order chi connectivity index (χ0) is 17.7. The number of benzene rings is 1. The van der Waals surface area contributed by atoms with E-state index in [1.54, 1.807) is 4.90 Å². The van der Waals surface area contributed by atoms with E-state index in [1.165, 1.54) is 6.92 Å². The molecule has 1 atom stereocenters. The number of amides is 2. The van der Waals surface area contributed by atoms with E-state index in [-0.39, 0.29) is 24.4 Å². The Morgan fingerprint density at radius 2 is 1.96 bits per heavy atom. The first kappa shape index (κ1) is 17.9. The van der Waals surface area contributed by atoms with Crippen LogP contribution in [-0.4, -0.2) is 54.8 Å². The topological polar surface area (TPSA) is 67.9 Å². The molecule has 1 spiro atoms. The molecule has 0 radical (unpaired) electrons. The lowest BCUT2D eigenvalue weighted by molar-refractivity contribution is -0.151. The molecule has 1 aromatic rings. The Morgan fingerprint density at radius 3 is 2.64 bits per heavy atom. The van der Waals surface area contributed by atoms with Crippen LogP contribution in [0.3, 0.4) is 0 Å². The Morgan fingerprint density at radius 1 is 1.24 bits per heavy atom. The van der Waals surface area contributed by atoms with Crippen molar-refractivity contribution in [1.29, 1.82) is 0 Å². The Hall–Kier alpha value is -1.92. The number of hydrogen-bond donors (Lipinski definition) is 1. The smallest absolute Gasteiger partial charge is 0.239 e. The lowest BCUT2D eigenvalue weighted by Crippen LogP contribution is -2.44. The third kappa shape index (κ3) is 4.80. The molecule has 3 rings (SSSR count). The van der Waals surface area contributed by atoms with Gasteiger partial charge in [-0.1, -0.05) is 30.3 Å². The van der Waals surface area contributed by atoms with Crippen LogP contribution in [0.25, 0.3) is 0 Å². The van der Waals surface area contributed by atoms with Gasteiger partial charge in [-0.2, -0.15) is 0 Å². The minimum absolute atomic E-state index is 0.0496. The average Bonchev–Trinajstić information content (AvgIpc) is 3.22. The summed E-state index contributed by atoms with van der Waals surface area (Å²) >= 11 is 0. The van der Waals surface area contributed by atoms with Crippen molar-refractivity contribution in [3.05, 3.63) is 35.9 Å². The third-order valence-electron chi connectivity index (χ3n) is 4.90. The summed E-state index contributed by atoms with van der Waals surface area (Å²) in [6.45, 7) is 3.38. The number of carbonyl (C=O) groups is 2. The summed E-state index contributed by atoms with van der Waals surface area (Å²) in [4.78, 5) is 25.8. The van der Waals surface area contributed by atoms with E-state index < -0.39 is 5.79 Å². The van der Waals surface area contributed by atoms with Crippen LogP contribution in [0, 0.1) is 0 Å². The number of hydrogen-bond acceptors (Lipinski definition) is 4. The summed E-state index contributed by atoms with van der Waals surface area (Å²) in [6.07, 6.45) is 3.07. The second-order valence-electron chi connectivity index (χ2n) is 6.79. The zero-order valence-electron chi connectivity index (χ0n) is 14.7. The van der Waals surface area contributed by atoms with Gasteiger partial charge in [-0.25, -0.2) is 0 Å². The predicted octanol–water partition coefficient (Wildman–Crippen LogP) is 1.49. The van der Waals surface area contributed by atoms with E-state index >= 15 is 0 Å². The molecular formula is C19H26N2O4. The van der Waals surface area contributed by atoms with Gasteiger partial charge in [-0.15, -0.1) is 0 Å². The van der Waals surface area contributed by atoms with Crippen molar-refractivity contribution >= 4 is 11.8 Å². The quantitative estimate of drug-likeness (QED) is 0.847. The first-order valence-corrected chi connectivity index (χ1v) is 8.93. The average molecular weight is 346 g/mol. The first-order chi connectivity index (χ1) is 12.1. The lowest BCUT2D eigenvalue weighted by Gasteiger charge is -2.23. The Bertz CT molecular complexity index is 599. The third-order valence-corrected chi connectivity index (χ3v) is 4.90. The second-order valence-corrected chi connectivity index (χ2v) is 6.79. The fourth-order valence-corrected chi connectivity index (χ4v) is 3.56. The van der Waals surface area contributed by atoms with Gasteiger partial charge in [0.2, 0.25) is 11.8 Å². The Kier molecular flexibility index (Phi) is 5.71. The molecule has 25 heavy (non-hydrogen) atoms. The van der Waals surface area contributed by atoms with Gasteiger partial charge in [0.25, 0.3) is 0 Å². The van der Waals surface area contributed by atoms with Crippen LogP contribution in [-0.2, 0) is 25.5 Å². The lowest BCUT2D eigenvalue weighted by atomic mass is 10.1. The van der Waals surface area contributed by atoms with Crippen LogP contribution in [0.4, 0.5) is 0 Å². The van der Waals surface area contributed by atoms with Crippen molar-refractivity contribution in [3.63, 3.8) is 0 Å². The standard InChI is InChI=1S/C19H26N2O4/c1-15(22)21(10-8-16-5-3-2-4-6-16)14-18(23)20-17-7-9-19(13-17)24-11-12-25-19/h2-6,17H,7-14H2,1H3,(H,20,23). The van der Waals surface area contributed by atoms with E-state index in [0.717, 1.165) is 24.8 Å². The predicted molar refractivity (Wildman–Crippen MR) is 92.8 cm³/mol. The van der Waals surface area contributed by atoms with Crippen LogP contribution >= 0.6 is 0 Å². The SMILES string of the molecule is CC(=O)N(CCc1ccccc1)CC(=O)NC1CCC2(C1)OCCO2. The van der Waals surface area contributed by atoms with Crippen molar-refractivity contribution in [3.8, 4) is 0 Å². The molecule has 1 aromatic carbocycles. The summed E-state index contributed by atoms with van der Waals surface area (Å²) in [5.74, 6) is -0.703. The van der Waals surface area contributed by atoms with Crippen molar-refractivity contribution in [1.82, 2.24) is 10.2 Å². The van der Waals surface area contributed by atoms with Gasteiger partial charge in [-0.05, 0) is 18.4 Å². The highest BCUT2D eigenvalue weighted by Crippen LogP contribution is 2.37. The molecule has 136 valence electrons. The molecule has 2 fully saturated rings. The monoisotopic (exact) mass is 346 g/mol. The molecule has 1 saturated heterocycles. The fraction of sp³-hybridized carbons (Fsp3) is 0.579. The molecule has 1 saturated carbocycles. The Balaban J connectivity index is 1.47. The van der Waals surface area contributed by atoms with Gasteiger partial charge >= 0.3 is 0 Å². The van der Waals surface area contributed by atoms with Gasteiger partial charge in [0.15, 0.2) is 5.79 Å². The molecular weight excluding hydrogens is 320 g/mol. The number of rotatable bonds is 6. The van der Waals surface area contributed by atoms with E-state index in [2.05, 4.69) is 5.32 Å². The highest BCUT2D eigenvalue weighted by molar-refractivity contribution is 5.84. The van der Waals surface area contributed by atoms with Gasteiger partial charge in [-0.3, -0.25) is 9.59 Å². The summed E-state index contributed by atoms with van der Waals surface area (Å²) in [6, 6.07) is 10.0. The van der Waals surface area contributed by atoms with E-state index in [9.17, 15) is 9.59 Å². The zero-order valence-corrected chi connectivity index (χ0v) is 14.7. The van der Waals surface area contributed by atoms with E-state index in [4.69, 9.17) is 9.47 Å². The highest BCUT2D eigenvalue weighted by atomic mass is 16.7. The summed E-state index contributed by atoms with van der Waals surface area (Å²) < 4.78 is 11.4. The molecule has 2 amide bonds. The Labute approximate surface area is 148 Å². The number of carbonyl (C=O) groups excluding carboxylic acids is 2. The summed E-state index contributed by atoms with van der Waals surface area (Å²) in [7, 11) is 0. The molecule has 1 aliphatic heterocycles. The molecule has 0 bridgehead atoms. The molecule has 0 aromatic heterocycles.